The van der Waals surface area contributed by atoms with Crippen LogP contribution < -0.4 is 5.56 Å². The molecule has 1 aromatic heterocycles. The SMILES string of the molecule is CCN(CC)Cc1ccc(Cl)[nH]c1=O. The molecular weight excluding hydrogens is 200 g/mol. The summed E-state index contributed by atoms with van der Waals surface area (Å²) < 4.78 is 0. The van der Waals surface area contributed by atoms with Crippen molar-refractivity contribution < 1.29 is 0 Å². The van der Waals surface area contributed by atoms with Crippen LogP contribution in [0.2, 0.25) is 5.15 Å². The first-order valence-electron chi connectivity index (χ1n) is 4.77. The van der Waals surface area contributed by atoms with E-state index in [0.29, 0.717) is 11.7 Å². The molecule has 0 saturated carbocycles. The average Bonchev–Trinajstić information content (AvgIpc) is 2.17. The van der Waals surface area contributed by atoms with Crippen LogP contribution in [-0.4, -0.2) is 23.0 Å². The number of H-pyrrole nitrogens is 1. The van der Waals surface area contributed by atoms with Gasteiger partial charge in [-0.1, -0.05) is 25.4 Å². The molecule has 1 heterocycles. The van der Waals surface area contributed by atoms with Crippen molar-refractivity contribution in [3.05, 3.63) is 33.2 Å². The van der Waals surface area contributed by atoms with Gasteiger partial charge in [0.2, 0.25) is 0 Å². The number of aromatic amines is 1. The first kappa shape index (κ1) is 11.3. The molecule has 0 fully saturated rings. The standard InChI is InChI=1S/C10H15ClN2O/c1-3-13(4-2)7-8-5-6-9(11)12-10(8)14/h5-6H,3-4,7H2,1-2H3,(H,12,14). The van der Waals surface area contributed by atoms with Crippen LogP contribution in [0.3, 0.4) is 0 Å². The maximum Gasteiger partial charge on any atom is 0.253 e. The summed E-state index contributed by atoms with van der Waals surface area (Å²) in [6.07, 6.45) is 0. The minimum absolute atomic E-state index is 0.0931. The van der Waals surface area contributed by atoms with Gasteiger partial charge in [0.25, 0.3) is 5.56 Å². The van der Waals surface area contributed by atoms with Crippen LogP contribution in [0.4, 0.5) is 0 Å². The number of nitrogens with zero attached hydrogens (tertiary/aromatic N) is 1. The molecule has 0 aliphatic rings. The average molecular weight is 215 g/mol. The van der Waals surface area contributed by atoms with Crippen LogP contribution >= 0.6 is 11.6 Å². The second-order valence-electron chi connectivity index (χ2n) is 3.12. The lowest BCUT2D eigenvalue weighted by Crippen LogP contribution is -2.26. The highest BCUT2D eigenvalue weighted by Crippen LogP contribution is 2.03. The molecule has 0 aliphatic heterocycles. The number of hydrogen-bond donors (Lipinski definition) is 1. The largest absolute Gasteiger partial charge is 0.313 e. The van der Waals surface area contributed by atoms with Gasteiger partial charge in [0.05, 0.1) is 0 Å². The summed E-state index contributed by atoms with van der Waals surface area (Å²) in [5, 5.41) is 0.387. The van der Waals surface area contributed by atoms with Crippen LogP contribution in [0.25, 0.3) is 0 Å². The fourth-order valence-electron chi connectivity index (χ4n) is 1.29. The fourth-order valence-corrected chi connectivity index (χ4v) is 1.44. The van der Waals surface area contributed by atoms with E-state index in [-0.39, 0.29) is 5.56 Å². The maximum atomic E-state index is 11.4. The van der Waals surface area contributed by atoms with E-state index in [1.165, 1.54) is 0 Å². The highest BCUT2D eigenvalue weighted by molar-refractivity contribution is 6.29. The predicted molar refractivity (Wildman–Crippen MR) is 58.7 cm³/mol. The quantitative estimate of drug-likeness (QED) is 0.777. The van der Waals surface area contributed by atoms with Crippen molar-refractivity contribution in [3.8, 4) is 0 Å². The van der Waals surface area contributed by atoms with Crippen LogP contribution in [0.15, 0.2) is 16.9 Å². The molecule has 0 aromatic carbocycles. The van der Waals surface area contributed by atoms with E-state index in [4.69, 9.17) is 11.6 Å². The lowest BCUT2D eigenvalue weighted by Gasteiger charge is -2.17. The Kier molecular flexibility index (Phi) is 4.17. The molecule has 0 spiro atoms. The van der Waals surface area contributed by atoms with Crippen molar-refractivity contribution in [3.63, 3.8) is 0 Å². The fraction of sp³-hybridized carbons (Fsp3) is 0.500. The van der Waals surface area contributed by atoms with Crippen molar-refractivity contribution in [1.82, 2.24) is 9.88 Å². The van der Waals surface area contributed by atoms with E-state index in [0.717, 1.165) is 18.7 Å². The summed E-state index contributed by atoms with van der Waals surface area (Å²) in [4.78, 5) is 16.2. The summed E-state index contributed by atoms with van der Waals surface area (Å²) in [5.74, 6) is 0. The van der Waals surface area contributed by atoms with Gasteiger partial charge in [-0.3, -0.25) is 9.69 Å². The Balaban J connectivity index is 2.81. The van der Waals surface area contributed by atoms with Crippen LogP contribution in [0, 0.1) is 0 Å². The molecule has 0 unspecified atom stereocenters. The Hall–Kier alpha value is -0.800. The summed E-state index contributed by atoms with van der Waals surface area (Å²) in [6.45, 7) is 6.72. The summed E-state index contributed by atoms with van der Waals surface area (Å²) >= 11 is 5.65. The molecule has 1 aromatic rings. The van der Waals surface area contributed by atoms with E-state index < -0.39 is 0 Å². The Labute approximate surface area is 88.7 Å². The Morgan fingerprint density at radius 3 is 2.50 bits per heavy atom. The third kappa shape index (κ3) is 2.86. The Bertz CT molecular complexity index is 344. The van der Waals surface area contributed by atoms with E-state index >= 15 is 0 Å². The molecule has 0 aliphatic carbocycles. The van der Waals surface area contributed by atoms with Gasteiger partial charge < -0.3 is 4.98 Å². The van der Waals surface area contributed by atoms with Crippen molar-refractivity contribution in [2.75, 3.05) is 13.1 Å². The first-order valence-corrected chi connectivity index (χ1v) is 5.15. The number of halogens is 1. The zero-order valence-corrected chi connectivity index (χ0v) is 9.27. The molecule has 78 valence electrons. The van der Waals surface area contributed by atoms with Crippen LogP contribution in [-0.2, 0) is 6.54 Å². The lowest BCUT2D eigenvalue weighted by molar-refractivity contribution is 0.294. The van der Waals surface area contributed by atoms with Gasteiger partial charge in [-0.2, -0.15) is 0 Å². The Morgan fingerprint density at radius 2 is 2.00 bits per heavy atom. The Morgan fingerprint density at radius 1 is 1.36 bits per heavy atom. The number of pyridine rings is 1. The molecule has 0 saturated heterocycles. The molecular formula is C10H15ClN2O. The maximum absolute atomic E-state index is 11.4. The second kappa shape index (κ2) is 5.17. The van der Waals surface area contributed by atoms with Gasteiger partial charge in [0.1, 0.15) is 5.15 Å². The zero-order chi connectivity index (χ0) is 10.6. The molecule has 1 N–H and O–H groups in total. The van der Waals surface area contributed by atoms with Gasteiger partial charge in [-0.25, -0.2) is 0 Å². The van der Waals surface area contributed by atoms with Crippen molar-refractivity contribution in [2.45, 2.75) is 20.4 Å². The number of rotatable bonds is 4. The molecule has 3 nitrogen and oxygen atoms in total. The molecule has 14 heavy (non-hydrogen) atoms. The zero-order valence-electron chi connectivity index (χ0n) is 8.51. The minimum atomic E-state index is -0.0931. The van der Waals surface area contributed by atoms with Gasteiger partial charge in [-0.15, -0.1) is 0 Å². The number of hydrogen-bond acceptors (Lipinski definition) is 2. The van der Waals surface area contributed by atoms with Crippen molar-refractivity contribution >= 4 is 11.6 Å². The lowest BCUT2D eigenvalue weighted by atomic mass is 10.2. The second-order valence-corrected chi connectivity index (χ2v) is 3.53. The highest BCUT2D eigenvalue weighted by Gasteiger charge is 2.04. The molecule has 4 heteroatoms. The van der Waals surface area contributed by atoms with Crippen LogP contribution in [0.1, 0.15) is 19.4 Å². The van der Waals surface area contributed by atoms with Crippen molar-refractivity contribution in [1.29, 1.82) is 0 Å². The summed E-state index contributed by atoms with van der Waals surface area (Å²) in [7, 11) is 0. The monoisotopic (exact) mass is 214 g/mol. The van der Waals surface area contributed by atoms with E-state index in [9.17, 15) is 4.79 Å². The van der Waals surface area contributed by atoms with Gasteiger partial charge in [0, 0.05) is 12.1 Å². The molecule has 0 bridgehead atoms. The summed E-state index contributed by atoms with van der Waals surface area (Å²) in [6, 6.07) is 3.49. The van der Waals surface area contributed by atoms with E-state index in [1.54, 1.807) is 12.1 Å². The predicted octanol–water partition coefficient (Wildman–Crippen LogP) is 1.87. The third-order valence-corrected chi connectivity index (χ3v) is 2.46. The minimum Gasteiger partial charge on any atom is -0.313 e. The molecule has 0 radical (unpaired) electrons. The van der Waals surface area contributed by atoms with Gasteiger partial charge in [0.15, 0.2) is 0 Å². The van der Waals surface area contributed by atoms with Gasteiger partial charge in [-0.05, 0) is 25.2 Å². The third-order valence-electron chi connectivity index (χ3n) is 2.24. The van der Waals surface area contributed by atoms with E-state index in [1.807, 2.05) is 0 Å². The highest BCUT2D eigenvalue weighted by atomic mass is 35.5. The van der Waals surface area contributed by atoms with Crippen molar-refractivity contribution in [2.24, 2.45) is 0 Å². The van der Waals surface area contributed by atoms with E-state index in [2.05, 4.69) is 23.7 Å². The number of nitrogens with one attached hydrogen (secondary N) is 1. The molecule has 0 amide bonds. The molecule has 0 atom stereocenters. The smallest absolute Gasteiger partial charge is 0.253 e. The first-order chi connectivity index (χ1) is 6.67. The summed E-state index contributed by atoms with van der Waals surface area (Å²) in [5.41, 5.74) is 0.669. The normalized spacial score (nSPS) is 10.9. The molecule has 1 rings (SSSR count). The topological polar surface area (TPSA) is 36.1 Å². The van der Waals surface area contributed by atoms with Crippen LogP contribution in [0.5, 0.6) is 0 Å². The van der Waals surface area contributed by atoms with Gasteiger partial charge >= 0.3 is 0 Å². The number of aromatic nitrogens is 1.